The highest BCUT2D eigenvalue weighted by atomic mass is 35.5. The summed E-state index contributed by atoms with van der Waals surface area (Å²) in [7, 11) is 0. The van der Waals surface area contributed by atoms with Crippen molar-refractivity contribution in [2.75, 3.05) is 32.2 Å². The van der Waals surface area contributed by atoms with E-state index in [4.69, 9.17) is 16.3 Å². The molecule has 40 heavy (non-hydrogen) atoms. The van der Waals surface area contributed by atoms with Crippen molar-refractivity contribution in [1.29, 1.82) is 0 Å². The van der Waals surface area contributed by atoms with Gasteiger partial charge >= 0.3 is 6.09 Å². The SMILES string of the molecule is CC[C@@H]1C2C[C@H](O)CC[C@]2(C)[C@H]2CCC3(C)C(CC[C@@H]3[C@H](C)CCOC(=O)N3CCC(CO)(CCl)CC3)[C@@H]2[C@@H]1O. The van der Waals surface area contributed by atoms with Crippen molar-refractivity contribution < 1.29 is 24.9 Å². The second-order valence-corrected chi connectivity index (χ2v) is 15.5. The number of hydrogen-bond acceptors (Lipinski definition) is 5. The molecule has 5 fully saturated rings. The number of aliphatic hydroxyl groups is 3. The lowest BCUT2D eigenvalue weighted by atomic mass is 9.41. The van der Waals surface area contributed by atoms with Gasteiger partial charge in [-0.2, -0.15) is 0 Å². The molecule has 1 saturated heterocycles. The largest absolute Gasteiger partial charge is 0.449 e. The summed E-state index contributed by atoms with van der Waals surface area (Å²) in [5, 5.41) is 32.2. The van der Waals surface area contributed by atoms with E-state index in [9.17, 15) is 20.1 Å². The third kappa shape index (κ3) is 5.13. The second kappa shape index (κ2) is 11.8. The quantitative estimate of drug-likeness (QED) is 0.317. The van der Waals surface area contributed by atoms with E-state index < -0.39 is 0 Å². The topological polar surface area (TPSA) is 90.2 Å². The molecule has 5 aliphatic rings. The molecule has 7 heteroatoms. The summed E-state index contributed by atoms with van der Waals surface area (Å²) in [6, 6.07) is 0. The van der Waals surface area contributed by atoms with Gasteiger partial charge < -0.3 is 25.0 Å². The zero-order chi connectivity index (χ0) is 28.9. The number of aliphatic hydroxyl groups excluding tert-OH is 3. The Kier molecular flexibility index (Phi) is 9.15. The summed E-state index contributed by atoms with van der Waals surface area (Å²) >= 11 is 6.09. The Bertz CT molecular complexity index is 888. The molecule has 230 valence electrons. The predicted molar refractivity (Wildman–Crippen MR) is 158 cm³/mol. The fourth-order valence-corrected chi connectivity index (χ4v) is 11.4. The van der Waals surface area contributed by atoms with E-state index in [0.717, 1.165) is 32.1 Å². The summed E-state index contributed by atoms with van der Waals surface area (Å²) in [6.45, 7) is 11.3. The maximum absolute atomic E-state index is 12.8. The van der Waals surface area contributed by atoms with E-state index >= 15 is 0 Å². The van der Waals surface area contributed by atoms with Crippen molar-refractivity contribution >= 4 is 17.7 Å². The third-order valence-corrected chi connectivity index (χ3v) is 14.2. The first kappa shape index (κ1) is 30.9. The van der Waals surface area contributed by atoms with Crippen molar-refractivity contribution in [2.24, 2.45) is 57.7 Å². The molecule has 1 amide bonds. The number of nitrogens with zero attached hydrogens (tertiary/aromatic N) is 1. The molecule has 0 bridgehead atoms. The van der Waals surface area contributed by atoms with Gasteiger partial charge in [0.2, 0.25) is 0 Å². The minimum absolute atomic E-state index is 0.0682. The van der Waals surface area contributed by atoms with Crippen LogP contribution >= 0.6 is 11.6 Å². The number of amides is 1. The van der Waals surface area contributed by atoms with Crippen LogP contribution in [0.15, 0.2) is 0 Å². The van der Waals surface area contributed by atoms with Crippen LogP contribution in [0.3, 0.4) is 0 Å². The highest BCUT2D eigenvalue weighted by Gasteiger charge is 2.64. The molecule has 0 radical (unpaired) electrons. The first-order valence-electron chi connectivity index (χ1n) is 16.5. The molecule has 4 aliphatic carbocycles. The van der Waals surface area contributed by atoms with Gasteiger partial charge in [0.05, 0.1) is 18.8 Å². The van der Waals surface area contributed by atoms with E-state index in [0.29, 0.717) is 79.8 Å². The molecule has 6 nitrogen and oxygen atoms in total. The Balaban J connectivity index is 1.20. The molecule has 0 spiro atoms. The number of halogens is 1. The molecule has 0 aromatic rings. The van der Waals surface area contributed by atoms with Gasteiger partial charge in [0.1, 0.15) is 0 Å². The fourth-order valence-electron chi connectivity index (χ4n) is 11.1. The molecule has 1 aliphatic heterocycles. The number of carbonyl (C=O) groups is 1. The number of piperidine rings is 1. The minimum atomic E-state index is -0.264. The zero-order valence-corrected chi connectivity index (χ0v) is 26.2. The van der Waals surface area contributed by atoms with Crippen LogP contribution in [0.25, 0.3) is 0 Å². The molecule has 0 aromatic heterocycles. The van der Waals surface area contributed by atoms with Crippen LogP contribution in [0.2, 0.25) is 0 Å². The van der Waals surface area contributed by atoms with E-state index in [1.807, 2.05) is 0 Å². The highest BCUT2D eigenvalue weighted by Crippen LogP contribution is 2.69. The molecule has 3 unspecified atom stereocenters. The van der Waals surface area contributed by atoms with Crippen molar-refractivity contribution in [3.8, 4) is 0 Å². The summed E-state index contributed by atoms with van der Waals surface area (Å²) in [4.78, 5) is 14.5. The van der Waals surface area contributed by atoms with Gasteiger partial charge in [0, 0.05) is 31.0 Å². The van der Waals surface area contributed by atoms with Crippen LogP contribution in [-0.2, 0) is 4.74 Å². The lowest BCUT2D eigenvalue weighted by Crippen LogP contribution is -2.62. The number of hydrogen-bond donors (Lipinski definition) is 3. The van der Waals surface area contributed by atoms with E-state index in [-0.39, 0.29) is 41.2 Å². The summed E-state index contributed by atoms with van der Waals surface area (Å²) in [5.74, 6) is 3.69. The summed E-state index contributed by atoms with van der Waals surface area (Å²) in [6.07, 6.45) is 10.3. The molecule has 4 saturated carbocycles. The van der Waals surface area contributed by atoms with Gasteiger partial charge in [-0.1, -0.05) is 34.1 Å². The van der Waals surface area contributed by atoms with Gasteiger partial charge in [-0.05, 0) is 116 Å². The van der Waals surface area contributed by atoms with Crippen molar-refractivity contribution in [2.45, 2.75) is 111 Å². The molecule has 0 aromatic carbocycles. The first-order chi connectivity index (χ1) is 19.0. The van der Waals surface area contributed by atoms with Gasteiger partial charge in [-0.15, -0.1) is 11.6 Å². The van der Waals surface area contributed by atoms with Gasteiger partial charge in [0.25, 0.3) is 0 Å². The van der Waals surface area contributed by atoms with Crippen LogP contribution < -0.4 is 0 Å². The average molecular weight is 582 g/mol. The molecule has 1 heterocycles. The normalized spacial score (nSPS) is 45.2. The number of fused-ring (bicyclic) bond motifs is 5. The van der Waals surface area contributed by atoms with Crippen LogP contribution in [0.5, 0.6) is 0 Å². The summed E-state index contributed by atoms with van der Waals surface area (Å²) in [5.41, 5.74) is 0.196. The average Bonchev–Trinajstić information content (AvgIpc) is 3.31. The van der Waals surface area contributed by atoms with Crippen molar-refractivity contribution in [1.82, 2.24) is 4.90 Å². The zero-order valence-electron chi connectivity index (χ0n) is 25.5. The van der Waals surface area contributed by atoms with Crippen LogP contribution in [0.4, 0.5) is 4.79 Å². The Morgan fingerprint density at radius 1 is 1.00 bits per heavy atom. The second-order valence-electron chi connectivity index (χ2n) is 15.3. The molecule has 5 rings (SSSR count). The number of likely N-dealkylation sites (tertiary alicyclic amines) is 1. The smallest absolute Gasteiger partial charge is 0.409 e. The van der Waals surface area contributed by atoms with E-state index in [1.165, 1.54) is 25.7 Å². The lowest BCUT2D eigenvalue weighted by molar-refractivity contribution is -0.203. The third-order valence-electron chi connectivity index (χ3n) is 13.7. The lowest BCUT2D eigenvalue weighted by Gasteiger charge is -2.64. The van der Waals surface area contributed by atoms with E-state index in [1.54, 1.807) is 4.90 Å². The van der Waals surface area contributed by atoms with Crippen LogP contribution in [0, 0.1) is 57.7 Å². The molecular formula is C33H56ClNO5. The van der Waals surface area contributed by atoms with E-state index in [2.05, 4.69) is 27.7 Å². The Morgan fingerprint density at radius 3 is 2.33 bits per heavy atom. The van der Waals surface area contributed by atoms with Crippen LogP contribution in [-0.4, -0.2) is 70.7 Å². The molecule has 11 atom stereocenters. The van der Waals surface area contributed by atoms with Gasteiger partial charge in [0.15, 0.2) is 0 Å². The Morgan fingerprint density at radius 2 is 1.68 bits per heavy atom. The number of rotatable bonds is 7. The highest BCUT2D eigenvalue weighted by molar-refractivity contribution is 6.18. The monoisotopic (exact) mass is 581 g/mol. The maximum Gasteiger partial charge on any atom is 0.409 e. The molecular weight excluding hydrogens is 526 g/mol. The van der Waals surface area contributed by atoms with Gasteiger partial charge in [-0.3, -0.25) is 0 Å². The Hall–Kier alpha value is -0.560. The van der Waals surface area contributed by atoms with Crippen molar-refractivity contribution in [3.05, 3.63) is 0 Å². The number of carbonyl (C=O) groups excluding carboxylic acids is 1. The van der Waals surface area contributed by atoms with Gasteiger partial charge in [-0.25, -0.2) is 4.79 Å². The van der Waals surface area contributed by atoms with Crippen molar-refractivity contribution in [3.63, 3.8) is 0 Å². The maximum atomic E-state index is 12.8. The Labute approximate surface area is 247 Å². The van der Waals surface area contributed by atoms with Crippen LogP contribution in [0.1, 0.15) is 98.3 Å². The number of alkyl halides is 1. The predicted octanol–water partition coefficient (Wildman–Crippen LogP) is 6.09. The standard InChI is InChI=1S/C33H56ClNO5/c1-5-23-27-18-22(37)8-11-32(27,4)26-9-12-31(3)24(6-7-25(31)28(26)29(23)38)21(2)10-17-40-30(39)35-15-13-33(19-34,20-36)14-16-35/h21-29,36-38H,5-20H2,1-4H3/t21-,22-,23-,24-,25?,26+,27?,28+,29-,31?,32-/m1/s1. The molecule has 3 N–H and O–H groups in total. The first-order valence-corrected chi connectivity index (χ1v) is 17.0. The summed E-state index contributed by atoms with van der Waals surface area (Å²) < 4.78 is 5.76. The minimum Gasteiger partial charge on any atom is -0.449 e. The number of ether oxygens (including phenoxy) is 1. The fraction of sp³-hybridized carbons (Fsp3) is 0.970.